The zero-order valence-corrected chi connectivity index (χ0v) is 7.37. The summed E-state index contributed by atoms with van der Waals surface area (Å²) in [6.45, 7) is 4.07. The van der Waals surface area contributed by atoms with Crippen molar-refractivity contribution in [2.24, 2.45) is 5.41 Å². The second kappa shape index (κ2) is 3.41. The summed E-state index contributed by atoms with van der Waals surface area (Å²) in [5.74, 6) is -0.375. The molecular weight excluding hydrogens is 160 g/mol. The monoisotopic (exact) mass is 174 g/mol. The van der Waals surface area contributed by atoms with Crippen LogP contribution in [0.5, 0.6) is 0 Å². The fourth-order valence-electron chi connectivity index (χ4n) is 0.593. The average molecular weight is 174 g/mol. The van der Waals surface area contributed by atoms with E-state index in [0.717, 1.165) is 0 Å². The molecule has 1 heterocycles. The molecule has 1 aliphatic rings. The number of carbonyl (C=O) groups excluding carboxylic acids is 1. The molecule has 0 saturated carbocycles. The molecule has 0 aromatic carbocycles. The lowest BCUT2D eigenvalue weighted by atomic mass is 9.95. The predicted molar refractivity (Wildman–Crippen MR) is 41.6 cm³/mol. The van der Waals surface area contributed by atoms with E-state index in [1.54, 1.807) is 13.8 Å². The molecule has 0 aromatic heterocycles. The van der Waals surface area contributed by atoms with Crippen LogP contribution in [0, 0.1) is 5.41 Å². The highest BCUT2D eigenvalue weighted by molar-refractivity contribution is 5.76. The minimum absolute atomic E-state index is 0.0865. The van der Waals surface area contributed by atoms with Crippen LogP contribution in [0.1, 0.15) is 13.8 Å². The molecule has 70 valence electrons. The van der Waals surface area contributed by atoms with Crippen LogP contribution in [-0.4, -0.2) is 37.0 Å². The first-order chi connectivity index (χ1) is 5.56. The van der Waals surface area contributed by atoms with Gasteiger partial charge in [-0.05, 0) is 13.8 Å². The number of hydrogen-bond donors (Lipinski definition) is 1. The van der Waals surface area contributed by atoms with Crippen molar-refractivity contribution in [1.29, 1.82) is 0 Å². The zero-order valence-electron chi connectivity index (χ0n) is 7.37. The van der Waals surface area contributed by atoms with Crippen molar-refractivity contribution >= 4 is 5.97 Å². The fraction of sp³-hybridized carbons (Fsp3) is 0.875. The maximum atomic E-state index is 11.2. The van der Waals surface area contributed by atoms with Gasteiger partial charge < -0.3 is 14.6 Å². The largest absolute Gasteiger partial charge is 0.462 e. The van der Waals surface area contributed by atoms with Crippen molar-refractivity contribution in [3.05, 3.63) is 0 Å². The van der Waals surface area contributed by atoms with Crippen LogP contribution in [0.3, 0.4) is 0 Å². The van der Waals surface area contributed by atoms with Crippen LogP contribution >= 0.6 is 0 Å². The smallest absolute Gasteiger partial charge is 0.313 e. The number of epoxide rings is 1. The number of aliphatic hydroxyl groups excluding tert-OH is 1. The van der Waals surface area contributed by atoms with Crippen molar-refractivity contribution in [2.75, 3.05) is 19.8 Å². The molecule has 1 unspecified atom stereocenters. The first kappa shape index (κ1) is 9.48. The molecule has 0 aromatic rings. The van der Waals surface area contributed by atoms with E-state index in [9.17, 15) is 4.79 Å². The molecule has 0 radical (unpaired) electrons. The quantitative estimate of drug-likeness (QED) is 0.479. The van der Waals surface area contributed by atoms with Crippen molar-refractivity contribution in [1.82, 2.24) is 0 Å². The van der Waals surface area contributed by atoms with Crippen LogP contribution in [0.25, 0.3) is 0 Å². The number of esters is 1. The fourth-order valence-corrected chi connectivity index (χ4v) is 0.593. The third kappa shape index (κ3) is 2.46. The van der Waals surface area contributed by atoms with Gasteiger partial charge in [-0.15, -0.1) is 0 Å². The van der Waals surface area contributed by atoms with Gasteiger partial charge in [0.2, 0.25) is 0 Å². The first-order valence-electron chi connectivity index (χ1n) is 3.96. The summed E-state index contributed by atoms with van der Waals surface area (Å²) >= 11 is 0. The lowest BCUT2D eigenvalue weighted by Gasteiger charge is -2.18. The number of hydrogen-bond acceptors (Lipinski definition) is 4. The second-order valence-corrected chi connectivity index (χ2v) is 3.60. The van der Waals surface area contributed by atoms with Gasteiger partial charge in [-0.1, -0.05) is 0 Å². The summed E-state index contributed by atoms with van der Waals surface area (Å²) in [5.41, 5.74) is -0.797. The average Bonchev–Trinajstić information content (AvgIpc) is 2.83. The lowest BCUT2D eigenvalue weighted by molar-refractivity contribution is -0.156. The van der Waals surface area contributed by atoms with Crippen LogP contribution in [0.15, 0.2) is 0 Å². The van der Waals surface area contributed by atoms with E-state index in [1.807, 2.05) is 0 Å². The maximum Gasteiger partial charge on any atom is 0.313 e. The Morgan fingerprint density at radius 1 is 1.75 bits per heavy atom. The molecule has 0 spiro atoms. The van der Waals surface area contributed by atoms with Gasteiger partial charge >= 0.3 is 5.97 Å². The summed E-state index contributed by atoms with van der Waals surface area (Å²) in [5, 5.41) is 8.81. The zero-order chi connectivity index (χ0) is 9.19. The third-order valence-corrected chi connectivity index (χ3v) is 1.75. The Hall–Kier alpha value is -0.610. The molecule has 1 atom stereocenters. The molecule has 4 heteroatoms. The highest BCUT2D eigenvalue weighted by Crippen LogP contribution is 2.17. The van der Waals surface area contributed by atoms with Gasteiger partial charge in [-0.3, -0.25) is 4.79 Å². The van der Waals surface area contributed by atoms with Gasteiger partial charge in [0, 0.05) is 0 Å². The van der Waals surface area contributed by atoms with Crippen molar-refractivity contribution in [2.45, 2.75) is 20.0 Å². The van der Waals surface area contributed by atoms with Crippen molar-refractivity contribution in [3.63, 3.8) is 0 Å². The molecule has 1 aliphatic heterocycles. The summed E-state index contributed by atoms with van der Waals surface area (Å²) < 4.78 is 9.76. The van der Waals surface area contributed by atoms with E-state index in [-0.39, 0.29) is 18.7 Å². The predicted octanol–water partition coefficient (Wildman–Crippen LogP) is -0.0531. The molecule has 0 aliphatic carbocycles. The summed E-state index contributed by atoms with van der Waals surface area (Å²) in [6, 6.07) is 0. The van der Waals surface area contributed by atoms with Crippen molar-refractivity contribution in [3.8, 4) is 0 Å². The molecule has 1 N–H and O–H groups in total. The van der Waals surface area contributed by atoms with E-state index in [2.05, 4.69) is 0 Å². The molecule has 1 rings (SSSR count). The van der Waals surface area contributed by atoms with E-state index in [4.69, 9.17) is 14.6 Å². The molecule has 0 bridgehead atoms. The van der Waals surface area contributed by atoms with E-state index < -0.39 is 5.41 Å². The number of carbonyl (C=O) groups is 1. The van der Waals surface area contributed by atoms with Gasteiger partial charge in [0.05, 0.1) is 18.6 Å². The topological polar surface area (TPSA) is 59.1 Å². The number of rotatable bonds is 4. The Balaban J connectivity index is 2.25. The Kier molecular flexibility index (Phi) is 2.69. The number of ether oxygens (including phenoxy) is 2. The van der Waals surface area contributed by atoms with Gasteiger partial charge in [0.1, 0.15) is 12.7 Å². The second-order valence-electron chi connectivity index (χ2n) is 3.60. The Morgan fingerprint density at radius 3 is 2.75 bits per heavy atom. The minimum Gasteiger partial charge on any atom is -0.462 e. The van der Waals surface area contributed by atoms with Gasteiger partial charge in [-0.2, -0.15) is 0 Å². The van der Waals surface area contributed by atoms with Crippen molar-refractivity contribution < 1.29 is 19.4 Å². The highest BCUT2D eigenvalue weighted by Gasteiger charge is 2.31. The molecular formula is C8H14O4. The van der Waals surface area contributed by atoms with Crippen LogP contribution in [0.4, 0.5) is 0 Å². The van der Waals surface area contributed by atoms with Gasteiger partial charge in [0.25, 0.3) is 0 Å². The lowest BCUT2D eigenvalue weighted by Crippen LogP contribution is -2.31. The molecule has 0 amide bonds. The molecule has 12 heavy (non-hydrogen) atoms. The Labute approximate surface area is 71.5 Å². The molecule has 4 nitrogen and oxygen atoms in total. The first-order valence-corrected chi connectivity index (χ1v) is 3.96. The van der Waals surface area contributed by atoms with Gasteiger partial charge in [-0.25, -0.2) is 0 Å². The third-order valence-electron chi connectivity index (χ3n) is 1.75. The molecule has 1 fully saturated rings. The van der Waals surface area contributed by atoms with Crippen LogP contribution in [-0.2, 0) is 14.3 Å². The summed E-state index contributed by atoms with van der Waals surface area (Å²) in [4.78, 5) is 11.2. The number of aliphatic hydroxyl groups is 1. The standard InChI is InChI=1S/C8H14O4/c1-8(2,5-9)7(10)12-4-6-3-11-6/h6,9H,3-5H2,1-2H3. The van der Waals surface area contributed by atoms with E-state index in [1.165, 1.54) is 0 Å². The van der Waals surface area contributed by atoms with Crippen LogP contribution in [0.2, 0.25) is 0 Å². The summed E-state index contributed by atoms with van der Waals surface area (Å²) in [6.07, 6.45) is 0.0865. The summed E-state index contributed by atoms with van der Waals surface area (Å²) in [7, 11) is 0. The minimum atomic E-state index is -0.797. The van der Waals surface area contributed by atoms with Crippen LogP contribution < -0.4 is 0 Å². The molecule has 1 saturated heterocycles. The van der Waals surface area contributed by atoms with E-state index >= 15 is 0 Å². The highest BCUT2D eigenvalue weighted by atomic mass is 16.6. The maximum absolute atomic E-state index is 11.2. The Bertz CT molecular complexity index is 172. The van der Waals surface area contributed by atoms with Gasteiger partial charge in [0.15, 0.2) is 0 Å². The Morgan fingerprint density at radius 2 is 2.33 bits per heavy atom. The SMILES string of the molecule is CC(C)(CO)C(=O)OCC1CO1. The van der Waals surface area contributed by atoms with E-state index in [0.29, 0.717) is 13.2 Å². The normalized spacial score (nSPS) is 22.1.